The van der Waals surface area contributed by atoms with Gasteiger partial charge in [-0.05, 0) is 25.2 Å². The first kappa shape index (κ1) is 12.7. The molecule has 0 N–H and O–H groups in total. The van der Waals surface area contributed by atoms with Gasteiger partial charge in [0, 0.05) is 32.5 Å². The number of allylic oxidation sites excluding steroid dienone is 2. The van der Waals surface area contributed by atoms with E-state index in [-0.39, 0.29) is 0 Å². The van der Waals surface area contributed by atoms with Crippen molar-refractivity contribution in [2.45, 2.75) is 32.1 Å². The van der Waals surface area contributed by atoms with Gasteiger partial charge in [-0.1, -0.05) is 12.2 Å². The molecule has 0 bridgehead atoms. The Hall–Kier alpha value is -1.32. The van der Waals surface area contributed by atoms with E-state index >= 15 is 0 Å². The first-order valence-corrected chi connectivity index (χ1v) is 5.98. The van der Waals surface area contributed by atoms with Crippen molar-refractivity contribution in [1.82, 2.24) is 4.90 Å². The van der Waals surface area contributed by atoms with Crippen molar-refractivity contribution in [2.75, 3.05) is 19.6 Å². The number of nitrogens with zero attached hydrogens (tertiary/aromatic N) is 3. The summed E-state index contributed by atoms with van der Waals surface area (Å²) in [5.41, 5.74) is 0. The summed E-state index contributed by atoms with van der Waals surface area (Å²) in [5, 5.41) is 17.2. The molecule has 0 aromatic carbocycles. The van der Waals surface area contributed by atoms with Gasteiger partial charge >= 0.3 is 0 Å². The average Bonchev–Trinajstić information content (AvgIpc) is 2.34. The van der Waals surface area contributed by atoms with E-state index in [1.165, 1.54) is 12.8 Å². The third kappa shape index (κ3) is 4.96. The molecule has 1 aliphatic carbocycles. The Morgan fingerprint density at radius 2 is 1.81 bits per heavy atom. The van der Waals surface area contributed by atoms with Crippen LogP contribution in [0.15, 0.2) is 12.2 Å². The highest BCUT2D eigenvalue weighted by molar-refractivity contribution is 4.91. The highest BCUT2D eigenvalue weighted by atomic mass is 15.1. The molecule has 0 radical (unpaired) electrons. The van der Waals surface area contributed by atoms with Crippen LogP contribution in [0.1, 0.15) is 32.1 Å². The van der Waals surface area contributed by atoms with Crippen molar-refractivity contribution in [3.63, 3.8) is 0 Å². The lowest BCUT2D eigenvalue weighted by atomic mass is 9.94. The summed E-state index contributed by atoms with van der Waals surface area (Å²) in [6, 6.07) is 4.35. The molecule has 0 spiro atoms. The van der Waals surface area contributed by atoms with Crippen molar-refractivity contribution in [3.05, 3.63) is 12.2 Å². The summed E-state index contributed by atoms with van der Waals surface area (Å²) in [7, 11) is 0. The second-order valence-corrected chi connectivity index (χ2v) is 4.27. The summed E-state index contributed by atoms with van der Waals surface area (Å²) in [6.07, 6.45) is 9.19. The zero-order chi connectivity index (χ0) is 11.6. The predicted molar refractivity (Wildman–Crippen MR) is 63.4 cm³/mol. The molecule has 1 atom stereocenters. The fourth-order valence-corrected chi connectivity index (χ4v) is 2.10. The van der Waals surface area contributed by atoms with Gasteiger partial charge in [0.05, 0.1) is 12.1 Å². The maximum atomic E-state index is 8.59. The Morgan fingerprint density at radius 1 is 1.12 bits per heavy atom. The molecule has 0 aromatic rings. The molecule has 3 nitrogen and oxygen atoms in total. The zero-order valence-corrected chi connectivity index (χ0v) is 9.73. The van der Waals surface area contributed by atoms with Crippen LogP contribution in [0.2, 0.25) is 0 Å². The molecule has 0 fully saturated rings. The van der Waals surface area contributed by atoms with E-state index in [1.807, 2.05) is 0 Å². The molecule has 1 unspecified atom stereocenters. The standard InChI is InChI=1S/C13H19N3/c14-8-4-10-16(11-5-9-15)12-13-6-2-1-3-7-13/h1-2,13H,3-7,10-12H2. The van der Waals surface area contributed by atoms with Crippen molar-refractivity contribution < 1.29 is 0 Å². The van der Waals surface area contributed by atoms with Gasteiger partial charge in [-0.2, -0.15) is 10.5 Å². The van der Waals surface area contributed by atoms with E-state index in [9.17, 15) is 0 Å². The lowest BCUT2D eigenvalue weighted by molar-refractivity contribution is 0.231. The SMILES string of the molecule is N#CCCN(CCC#N)CC1CC=CCC1. The van der Waals surface area contributed by atoms with Crippen LogP contribution in [-0.2, 0) is 0 Å². The third-order valence-corrected chi connectivity index (χ3v) is 2.97. The van der Waals surface area contributed by atoms with Gasteiger partial charge in [0.1, 0.15) is 0 Å². The molecule has 86 valence electrons. The summed E-state index contributed by atoms with van der Waals surface area (Å²) < 4.78 is 0. The van der Waals surface area contributed by atoms with E-state index in [4.69, 9.17) is 10.5 Å². The van der Waals surface area contributed by atoms with Gasteiger partial charge in [0.25, 0.3) is 0 Å². The van der Waals surface area contributed by atoms with Gasteiger partial charge in [-0.3, -0.25) is 0 Å². The second kappa shape index (κ2) is 7.91. The molecule has 0 aliphatic heterocycles. The molecule has 0 amide bonds. The van der Waals surface area contributed by atoms with Crippen molar-refractivity contribution in [3.8, 4) is 12.1 Å². The normalized spacial score (nSPS) is 19.3. The van der Waals surface area contributed by atoms with Gasteiger partial charge in [0.2, 0.25) is 0 Å². The quantitative estimate of drug-likeness (QED) is 0.642. The van der Waals surface area contributed by atoms with Crippen LogP contribution in [0, 0.1) is 28.6 Å². The van der Waals surface area contributed by atoms with Gasteiger partial charge in [-0.15, -0.1) is 0 Å². The van der Waals surface area contributed by atoms with Crippen molar-refractivity contribution in [2.24, 2.45) is 5.92 Å². The fraction of sp³-hybridized carbons (Fsp3) is 0.692. The Kier molecular flexibility index (Phi) is 6.30. The van der Waals surface area contributed by atoms with Gasteiger partial charge in [-0.25, -0.2) is 0 Å². The van der Waals surface area contributed by atoms with Crippen molar-refractivity contribution in [1.29, 1.82) is 10.5 Å². The fourth-order valence-electron chi connectivity index (χ4n) is 2.10. The third-order valence-electron chi connectivity index (χ3n) is 2.97. The monoisotopic (exact) mass is 217 g/mol. The van der Waals surface area contributed by atoms with Crippen LogP contribution in [0.25, 0.3) is 0 Å². The molecule has 0 saturated carbocycles. The average molecular weight is 217 g/mol. The largest absolute Gasteiger partial charge is 0.301 e. The number of rotatable bonds is 6. The summed E-state index contributed by atoms with van der Waals surface area (Å²) in [6.45, 7) is 2.64. The molecule has 0 saturated heterocycles. The predicted octanol–water partition coefficient (Wildman–Crippen LogP) is 2.47. The van der Waals surface area contributed by atoms with Crippen LogP contribution in [0.3, 0.4) is 0 Å². The number of nitriles is 2. The topological polar surface area (TPSA) is 50.8 Å². The summed E-state index contributed by atoms with van der Waals surface area (Å²) >= 11 is 0. The van der Waals surface area contributed by atoms with E-state index < -0.39 is 0 Å². The molecular weight excluding hydrogens is 198 g/mol. The Morgan fingerprint density at radius 3 is 2.31 bits per heavy atom. The molecule has 1 rings (SSSR count). The highest BCUT2D eigenvalue weighted by Gasteiger charge is 2.14. The first-order chi connectivity index (χ1) is 7.86. The minimum atomic E-state index is 0.563. The van der Waals surface area contributed by atoms with E-state index in [1.54, 1.807) is 0 Å². The summed E-state index contributed by atoms with van der Waals surface area (Å²) in [4.78, 5) is 2.26. The minimum absolute atomic E-state index is 0.563. The molecule has 1 aliphatic rings. The number of hydrogen-bond acceptors (Lipinski definition) is 3. The first-order valence-electron chi connectivity index (χ1n) is 5.98. The van der Waals surface area contributed by atoms with Gasteiger partial charge in [0.15, 0.2) is 0 Å². The lowest BCUT2D eigenvalue weighted by Gasteiger charge is -2.26. The lowest BCUT2D eigenvalue weighted by Crippen LogP contribution is -2.31. The van der Waals surface area contributed by atoms with E-state index in [2.05, 4.69) is 29.2 Å². The molecule has 3 heteroatoms. The van der Waals surface area contributed by atoms with Crippen molar-refractivity contribution >= 4 is 0 Å². The smallest absolute Gasteiger partial charge is 0.0635 e. The van der Waals surface area contributed by atoms with Crippen LogP contribution in [0.5, 0.6) is 0 Å². The Balaban J connectivity index is 2.33. The maximum Gasteiger partial charge on any atom is 0.0635 e. The molecule has 0 aromatic heterocycles. The highest BCUT2D eigenvalue weighted by Crippen LogP contribution is 2.19. The van der Waals surface area contributed by atoms with Gasteiger partial charge < -0.3 is 4.90 Å². The Labute approximate surface area is 98.0 Å². The van der Waals surface area contributed by atoms with Crippen LogP contribution < -0.4 is 0 Å². The van der Waals surface area contributed by atoms with Crippen LogP contribution >= 0.6 is 0 Å². The second-order valence-electron chi connectivity index (χ2n) is 4.27. The van der Waals surface area contributed by atoms with Crippen LogP contribution in [0.4, 0.5) is 0 Å². The minimum Gasteiger partial charge on any atom is -0.301 e. The molecule has 0 heterocycles. The van der Waals surface area contributed by atoms with E-state index in [0.717, 1.165) is 26.1 Å². The molecular formula is C13H19N3. The summed E-state index contributed by atoms with van der Waals surface area (Å²) in [5.74, 6) is 0.711. The number of hydrogen-bond donors (Lipinski definition) is 0. The van der Waals surface area contributed by atoms with E-state index in [0.29, 0.717) is 18.8 Å². The molecule has 16 heavy (non-hydrogen) atoms. The van der Waals surface area contributed by atoms with Crippen LogP contribution in [-0.4, -0.2) is 24.5 Å². The zero-order valence-electron chi connectivity index (χ0n) is 9.73. The maximum absolute atomic E-state index is 8.59. The Bertz CT molecular complexity index is 277.